The fourth-order valence-electron chi connectivity index (χ4n) is 2.60. The number of hydrogen-bond donors (Lipinski definition) is 1. The molecule has 0 fully saturated rings. The first-order valence-electron chi connectivity index (χ1n) is 8.94. The Morgan fingerprint density at radius 3 is 2.38 bits per heavy atom. The van der Waals surface area contributed by atoms with Crippen LogP contribution in [0.2, 0.25) is 0 Å². The first-order valence-corrected chi connectivity index (χ1v) is 8.94. The minimum absolute atomic E-state index is 0.695. The van der Waals surface area contributed by atoms with Gasteiger partial charge < -0.3 is 9.88 Å². The summed E-state index contributed by atoms with van der Waals surface area (Å²) in [5.41, 5.74) is 0. The second-order valence-electron chi connectivity index (χ2n) is 6.54. The van der Waals surface area contributed by atoms with Crippen molar-refractivity contribution in [2.75, 3.05) is 6.54 Å². The van der Waals surface area contributed by atoms with Crippen LogP contribution in [0.4, 0.5) is 0 Å². The van der Waals surface area contributed by atoms with E-state index in [2.05, 4.69) is 41.8 Å². The predicted octanol–water partition coefficient (Wildman–Crippen LogP) is 4.77. The van der Waals surface area contributed by atoms with Crippen LogP contribution < -0.4 is 5.32 Å². The molecule has 0 aliphatic rings. The van der Waals surface area contributed by atoms with Crippen LogP contribution in [0.25, 0.3) is 0 Å². The van der Waals surface area contributed by atoms with Gasteiger partial charge in [-0.15, -0.1) is 0 Å². The highest BCUT2D eigenvalue weighted by molar-refractivity contribution is 4.91. The number of aromatic nitrogens is 2. The van der Waals surface area contributed by atoms with E-state index in [9.17, 15) is 0 Å². The van der Waals surface area contributed by atoms with Gasteiger partial charge in [-0.3, -0.25) is 0 Å². The van der Waals surface area contributed by atoms with Crippen molar-refractivity contribution in [3.63, 3.8) is 0 Å². The summed E-state index contributed by atoms with van der Waals surface area (Å²) in [5, 5.41) is 3.47. The standard InChI is InChI=1S/C18H35N3/c1-4-5-6-7-8-9-10-11-13-21-14-12-20-18(21)16-19-15-17(2)3/h12,14,17,19H,4-11,13,15-16H2,1-3H3. The first-order chi connectivity index (χ1) is 10.2. The molecule has 0 saturated carbocycles. The van der Waals surface area contributed by atoms with E-state index in [0.29, 0.717) is 5.92 Å². The van der Waals surface area contributed by atoms with Gasteiger partial charge in [-0.1, -0.05) is 65.7 Å². The summed E-state index contributed by atoms with van der Waals surface area (Å²) in [4.78, 5) is 4.46. The Kier molecular flexibility index (Phi) is 10.2. The molecule has 1 N–H and O–H groups in total. The number of aryl methyl sites for hydroxylation is 1. The maximum absolute atomic E-state index is 4.46. The van der Waals surface area contributed by atoms with Crippen LogP contribution in [0.1, 0.15) is 78.0 Å². The molecule has 0 bridgehead atoms. The van der Waals surface area contributed by atoms with Crippen molar-refractivity contribution >= 4 is 0 Å². The fourth-order valence-corrected chi connectivity index (χ4v) is 2.60. The van der Waals surface area contributed by atoms with Crippen molar-refractivity contribution in [1.82, 2.24) is 14.9 Å². The molecular formula is C18H35N3. The average Bonchev–Trinajstić information content (AvgIpc) is 2.89. The molecular weight excluding hydrogens is 258 g/mol. The molecule has 1 rings (SSSR count). The zero-order valence-electron chi connectivity index (χ0n) is 14.4. The Morgan fingerprint density at radius 2 is 1.71 bits per heavy atom. The lowest BCUT2D eigenvalue weighted by molar-refractivity contribution is 0.508. The molecule has 0 amide bonds. The van der Waals surface area contributed by atoms with Gasteiger partial charge in [-0.25, -0.2) is 4.98 Å². The molecule has 3 nitrogen and oxygen atoms in total. The highest BCUT2D eigenvalue weighted by Gasteiger charge is 2.02. The van der Waals surface area contributed by atoms with Crippen molar-refractivity contribution in [1.29, 1.82) is 0 Å². The lowest BCUT2D eigenvalue weighted by Crippen LogP contribution is -2.21. The molecule has 1 heterocycles. The van der Waals surface area contributed by atoms with Crippen LogP contribution in [0.5, 0.6) is 0 Å². The Labute approximate surface area is 131 Å². The highest BCUT2D eigenvalue weighted by atomic mass is 15.1. The van der Waals surface area contributed by atoms with Gasteiger partial charge in [0.05, 0.1) is 6.54 Å². The van der Waals surface area contributed by atoms with Crippen LogP contribution in [0.3, 0.4) is 0 Å². The molecule has 0 aliphatic carbocycles. The Bertz CT molecular complexity index is 344. The van der Waals surface area contributed by atoms with Gasteiger partial charge in [0.25, 0.3) is 0 Å². The molecule has 0 aromatic carbocycles. The van der Waals surface area contributed by atoms with E-state index in [-0.39, 0.29) is 0 Å². The molecule has 3 heteroatoms. The first kappa shape index (κ1) is 18.2. The van der Waals surface area contributed by atoms with Gasteiger partial charge in [0.15, 0.2) is 0 Å². The fraction of sp³-hybridized carbons (Fsp3) is 0.833. The quantitative estimate of drug-likeness (QED) is 0.531. The number of imidazole rings is 1. The van der Waals surface area contributed by atoms with Crippen LogP contribution in [0, 0.1) is 5.92 Å². The number of rotatable bonds is 13. The van der Waals surface area contributed by atoms with Gasteiger partial charge >= 0.3 is 0 Å². The summed E-state index contributed by atoms with van der Waals surface area (Å²) in [6.45, 7) is 9.82. The third kappa shape index (κ3) is 8.92. The third-order valence-electron chi connectivity index (χ3n) is 3.89. The molecule has 122 valence electrons. The molecule has 0 radical (unpaired) electrons. The third-order valence-corrected chi connectivity index (χ3v) is 3.89. The minimum atomic E-state index is 0.695. The van der Waals surface area contributed by atoms with Crippen LogP contribution in [0.15, 0.2) is 12.4 Å². The van der Waals surface area contributed by atoms with E-state index in [0.717, 1.165) is 19.6 Å². The number of nitrogens with zero attached hydrogens (tertiary/aromatic N) is 2. The summed E-state index contributed by atoms with van der Waals surface area (Å²) < 4.78 is 2.31. The molecule has 1 aromatic rings. The smallest absolute Gasteiger partial charge is 0.122 e. The topological polar surface area (TPSA) is 29.9 Å². The summed E-state index contributed by atoms with van der Waals surface area (Å²) in [7, 11) is 0. The molecule has 0 aliphatic heterocycles. The normalized spacial score (nSPS) is 11.4. The molecule has 0 saturated heterocycles. The van der Waals surface area contributed by atoms with Crippen LogP contribution in [-0.2, 0) is 13.1 Å². The Morgan fingerprint density at radius 1 is 1.05 bits per heavy atom. The molecule has 0 unspecified atom stereocenters. The Balaban J connectivity index is 2.08. The monoisotopic (exact) mass is 293 g/mol. The summed E-state index contributed by atoms with van der Waals surface area (Å²) in [5.74, 6) is 1.87. The van der Waals surface area contributed by atoms with Gasteiger partial charge in [0, 0.05) is 18.9 Å². The second-order valence-corrected chi connectivity index (χ2v) is 6.54. The van der Waals surface area contributed by atoms with E-state index in [1.54, 1.807) is 0 Å². The lowest BCUT2D eigenvalue weighted by atomic mass is 10.1. The largest absolute Gasteiger partial charge is 0.334 e. The van der Waals surface area contributed by atoms with Crippen LogP contribution in [-0.4, -0.2) is 16.1 Å². The molecule has 0 spiro atoms. The van der Waals surface area contributed by atoms with E-state index < -0.39 is 0 Å². The lowest BCUT2D eigenvalue weighted by Gasteiger charge is -2.10. The van der Waals surface area contributed by atoms with Gasteiger partial charge in [0.2, 0.25) is 0 Å². The molecule has 1 aromatic heterocycles. The summed E-state index contributed by atoms with van der Waals surface area (Å²) in [6, 6.07) is 0. The zero-order chi connectivity index (χ0) is 15.3. The number of hydrogen-bond acceptors (Lipinski definition) is 2. The van der Waals surface area contributed by atoms with E-state index >= 15 is 0 Å². The summed E-state index contributed by atoms with van der Waals surface area (Å²) >= 11 is 0. The number of unbranched alkanes of at least 4 members (excludes halogenated alkanes) is 7. The minimum Gasteiger partial charge on any atom is -0.334 e. The highest BCUT2D eigenvalue weighted by Crippen LogP contribution is 2.09. The molecule has 21 heavy (non-hydrogen) atoms. The molecule has 0 atom stereocenters. The van der Waals surface area contributed by atoms with E-state index in [1.165, 1.54) is 57.2 Å². The van der Waals surface area contributed by atoms with Crippen molar-refractivity contribution in [3.05, 3.63) is 18.2 Å². The number of nitrogens with one attached hydrogen (secondary N) is 1. The van der Waals surface area contributed by atoms with E-state index in [4.69, 9.17) is 0 Å². The van der Waals surface area contributed by atoms with Gasteiger partial charge in [-0.05, 0) is 18.9 Å². The van der Waals surface area contributed by atoms with Crippen molar-refractivity contribution in [2.24, 2.45) is 5.92 Å². The average molecular weight is 293 g/mol. The zero-order valence-corrected chi connectivity index (χ0v) is 14.4. The SMILES string of the molecule is CCCCCCCCCCn1ccnc1CNCC(C)C. The predicted molar refractivity (Wildman–Crippen MR) is 91.4 cm³/mol. The van der Waals surface area contributed by atoms with Crippen molar-refractivity contribution < 1.29 is 0 Å². The van der Waals surface area contributed by atoms with E-state index in [1.807, 2.05) is 6.20 Å². The Hall–Kier alpha value is -0.830. The van der Waals surface area contributed by atoms with Crippen LogP contribution >= 0.6 is 0 Å². The van der Waals surface area contributed by atoms with Crippen molar-refractivity contribution in [3.8, 4) is 0 Å². The summed E-state index contributed by atoms with van der Waals surface area (Å²) in [6.07, 6.45) is 15.1. The second kappa shape index (κ2) is 11.8. The van der Waals surface area contributed by atoms with Gasteiger partial charge in [-0.2, -0.15) is 0 Å². The maximum atomic E-state index is 4.46. The van der Waals surface area contributed by atoms with Crippen molar-refractivity contribution in [2.45, 2.75) is 85.2 Å². The van der Waals surface area contributed by atoms with Gasteiger partial charge in [0.1, 0.15) is 5.82 Å². The maximum Gasteiger partial charge on any atom is 0.122 e.